The molecule has 36 heavy (non-hydrogen) atoms. The van der Waals surface area contributed by atoms with Crippen molar-refractivity contribution in [1.82, 2.24) is 5.32 Å². The van der Waals surface area contributed by atoms with Gasteiger partial charge in [-0.25, -0.2) is 4.39 Å². The van der Waals surface area contributed by atoms with Crippen LogP contribution >= 0.6 is 0 Å². The number of rotatable bonds is 7. The summed E-state index contributed by atoms with van der Waals surface area (Å²) >= 11 is 0. The first-order valence-corrected chi connectivity index (χ1v) is 11.3. The summed E-state index contributed by atoms with van der Waals surface area (Å²) in [5, 5.41) is 13.8. The van der Waals surface area contributed by atoms with E-state index in [1.165, 1.54) is 36.4 Å². The number of hydrogen-bond donors (Lipinski definition) is 2. The van der Waals surface area contributed by atoms with Crippen molar-refractivity contribution >= 4 is 5.91 Å². The van der Waals surface area contributed by atoms with Crippen LogP contribution in [0.5, 0.6) is 0 Å². The van der Waals surface area contributed by atoms with E-state index in [1.807, 2.05) is 42.5 Å². The lowest BCUT2D eigenvalue weighted by atomic mass is 9.95. The molecule has 0 aliphatic rings. The molecule has 0 aliphatic carbocycles. The summed E-state index contributed by atoms with van der Waals surface area (Å²) in [6.45, 7) is 0. The minimum Gasteiger partial charge on any atom is -0.386 e. The molecule has 2 N–H and O–H groups in total. The number of aliphatic hydroxyl groups excluding tert-OH is 1. The van der Waals surface area contributed by atoms with Gasteiger partial charge in [0.15, 0.2) is 0 Å². The number of halogens is 4. The second-order valence-corrected chi connectivity index (χ2v) is 8.42. The van der Waals surface area contributed by atoms with Crippen LogP contribution in [0.2, 0.25) is 0 Å². The smallest absolute Gasteiger partial charge is 0.386 e. The predicted molar refractivity (Wildman–Crippen MR) is 130 cm³/mol. The Balaban J connectivity index is 1.55. The highest BCUT2D eigenvalue weighted by atomic mass is 19.4. The average Bonchev–Trinajstić information content (AvgIpc) is 2.89. The van der Waals surface area contributed by atoms with Crippen LogP contribution in [0.25, 0.3) is 11.1 Å². The van der Waals surface area contributed by atoms with E-state index in [1.54, 1.807) is 12.1 Å². The second-order valence-electron chi connectivity index (χ2n) is 8.42. The van der Waals surface area contributed by atoms with E-state index in [-0.39, 0.29) is 6.42 Å². The molecule has 0 aliphatic heterocycles. The lowest BCUT2D eigenvalue weighted by Gasteiger charge is -2.25. The highest BCUT2D eigenvalue weighted by molar-refractivity contribution is 5.95. The van der Waals surface area contributed by atoms with E-state index in [2.05, 4.69) is 5.32 Å². The van der Waals surface area contributed by atoms with Crippen LogP contribution in [-0.4, -0.2) is 17.1 Å². The van der Waals surface area contributed by atoms with Crippen LogP contribution in [0, 0.1) is 5.82 Å². The van der Waals surface area contributed by atoms with Crippen molar-refractivity contribution in [2.75, 3.05) is 0 Å². The molecule has 4 aromatic rings. The highest BCUT2D eigenvalue weighted by Gasteiger charge is 2.30. The zero-order valence-electron chi connectivity index (χ0n) is 19.0. The molecule has 0 fully saturated rings. The van der Waals surface area contributed by atoms with Crippen LogP contribution in [0.1, 0.15) is 33.2 Å². The number of aliphatic hydroxyl groups is 1. The number of carbonyl (C=O) groups excluding carboxylic acids is 1. The first-order chi connectivity index (χ1) is 17.2. The van der Waals surface area contributed by atoms with Crippen LogP contribution in [-0.2, 0) is 12.6 Å². The fourth-order valence-corrected chi connectivity index (χ4v) is 3.91. The van der Waals surface area contributed by atoms with Crippen molar-refractivity contribution in [2.24, 2.45) is 0 Å². The lowest BCUT2D eigenvalue weighted by Crippen LogP contribution is -2.41. The van der Waals surface area contributed by atoms with Crippen LogP contribution < -0.4 is 5.32 Å². The van der Waals surface area contributed by atoms with E-state index in [0.29, 0.717) is 16.7 Å². The second kappa shape index (κ2) is 10.7. The maximum Gasteiger partial charge on any atom is 0.416 e. The predicted octanol–water partition coefficient (Wildman–Crippen LogP) is 6.59. The molecule has 1 amide bonds. The number of hydrogen-bond acceptors (Lipinski definition) is 2. The largest absolute Gasteiger partial charge is 0.416 e. The van der Waals surface area contributed by atoms with Crippen LogP contribution in [0.15, 0.2) is 103 Å². The molecule has 0 radical (unpaired) electrons. The summed E-state index contributed by atoms with van der Waals surface area (Å²) < 4.78 is 52.2. The van der Waals surface area contributed by atoms with Crippen molar-refractivity contribution in [2.45, 2.75) is 24.7 Å². The molecule has 2 unspecified atom stereocenters. The Morgan fingerprint density at radius 3 is 1.94 bits per heavy atom. The van der Waals surface area contributed by atoms with Crippen LogP contribution in [0.4, 0.5) is 17.6 Å². The lowest BCUT2D eigenvalue weighted by molar-refractivity contribution is -0.137. The maximum absolute atomic E-state index is 13.4. The zero-order chi connectivity index (χ0) is 25.7. The number of alkyl halides is 3. The van der Waals surface area contributed by atoms with Gasteiger partial charge >= 0.3 is 6.18 Å². The summed E-state index contributed by atoms with van der Waals surface area (Å²) in [7, 11) is 0. The summed E-state index contributed by atoms with van der Waals surface area (Å²) in [5.74, 6) is -0.930. The van der Waals surface area contributed by atoms with Crippen molar-refractivity contribution in [3.8, 4) is 11.1 Å². The summed E-state index contributed by atoms with van der Waals surface area (Å²) in [6, 6.07) is 25.5. The van der Waals surface area contributed by atoms with Crippen molar-refractivity contribution in [1.29, 1.82) is 0 Å². The SMILES string of the molecule is O=C(NC(Cc1ccc(C(F)(F)F)cc1)C(O)c1ccc(F)cc1)c1ccc(-c2ccccc2)cc1. The molecular weight excluding hydrogens is 470 g/mol. The number of carbonyl (C=O) groups is 1. The third-order valence-electron chi connectivity index (χ3n) is 5.90. The van der Waals surface area contributed by atoms with Gasteiger partial charge in [-0.05, 0) is 65.1 Å². The van der Waals surface area contributed by atoms with Gasteiger partial charge in [-0.2, -0.15) is 13.2 Å². The third-order valence-corrected chi connectivity index (χ3v) is 5.90. The van der Waals surface area contributed by atoms with Gasteiger partial charge in [-0.15, -0.1) is 0 Å². The molecule has 0 bridgehead atoms. The van der Waals surface area contributed by atoms with Crippen molar-refractivity contribution in [3.05, 3.63) is 131 Å². The first-order valence-electron chi connectivity index (χ1n) is 11.3. The van der Waals surface area contributed by atoms with Gasteiger partial charge in [0.25, 0.3) is 5.91 Å². The molecule has 184 valence electrons. The standard InChI is InChI=1S/C29H23F4NO2/c30-25-16-12-22(13-17-25)27(35)26(18-19-6-14-24(15-7-19)29(31,32)33)34-28(36)23-10-8-21(9-11-23)20-4-2-1-3-5-20/h1-17,26-27,35H,18H2,(H,34,36). The first kappa shape index (κ1) is 25.1. The number of nitrogens with one attached hydrogen (secondary N) is 1. The Bertz CT molecular complexity index is 1290. The highest BCUT2D eigenvalue weighted by Crippen LogP contribution is 2.30. The molecule has 3 nitrogen and oxygen atoms in total. The molecule has 0 aromatic heterocycles. The van der Waals surface area contributed by atoms with Gasteiger partial charge in [0, 0.05) is 5.56 Å². The molecule has 0 heterocycles. The minimum atomic E-state index is -4.47. The fraction of sp³-hybridized carbons (Fsp3) is 0.138. The van der Waals surface area contributed by atoms with Gasteiger partial charge in [0.05, 0.1) is 17.7 Å². The van der Waals surface area contributed by atoms with Gasteiger partial charge in [-0.3, -0.25) is 4.79 Å². The van der Waals surface area contributed by atoms with Crippen molar-refractivity contribution < 1.29 is 27.5 Å². The molecule has 0 saturated heterocycles. The normalized spacial score (nSPS) is 13.1. The Labute approximate surface area is 206 Å². The van der Waals surface area contributed by atoms with Gasteiger partial charge in [0.1, 0.15) is 5.82 Å². The minimum absolute atomic E-state index is 0.0600. The van der Waals surface area contributed by atoms with E-state index in [9.17, 15) is 27.5 Å². The van der Waals surface area contributed by atoms with E-state index in [0.717, 1.165) is 23.3 Å². The Morgan fingerprint density at radius 1 is 0.778 bits per heavy atom. The molecule has 4 rings (SSSR count). The Hall–Kier alpha value is -3.97. The van der Waals surface area contributed by atoms with E-state index < -0.39 is 35.6 Å². The maximum atomic E-state index is 13.4. The van der Waals surface area contributed by atoms with Gasteiger partial charge in [0.2, 0.25) is 0 Å². The number of amides is 1. The molecule has 2 atom stereocenters. The quantitative estimate of drug-likeness (QED) is 0.286. The Morgan fingerprint density at radius 2 is 1.36 bits per heavy atom. The summed E-state index contributed by atoms with van der Waals surface area (Å²) in [6.07, 6.45) is -5.63. The zero-order valence-corrected chi connectivity index (χ0v) is 19.0. The molecule has 0 saturated carbocycles. The summed E-state index contributed by atoms with van der Waals surface area (Å²) in [4.78, 5) is 13.0. The molecule has 0 spiro atoms. The molecule has 7 heteroatoms. The van der Waals surface area contributed by atoms with E-state index in [4.69, 9.17) is 0 Å². The molecular formula is C29H23F4NO2. The monoisotopic (exact) mass is 493 g/mol. The summed E-state index contributed by atoms with van der Waals surface area (Å²) in [5.41, 5.74) is 2.36. The van der Waals surface area contributed by atoms with Crippen molar-refractivity contribution in [3.63, 3.8) is 0 Å². The Kier molecular flexibility index (Phi) is 7.50. The van der Waals surface area contributed by atoms with Gasteiger partial charge < -0.3 is 10.4 Å². The average molecular weight is 494 g/mol. The third kappa shape index (κ3) is 6.17. The topological polar surface area (TPSA) is 49.3 Å². The van der Waals surface area contributed by atoms with E-state index >= 15 is 0 Å². The van der Waals surface area contributed by atoms with Gasteiger partial charge in [-0.1, -0.05) is 66.7 Å². The van der Waals surface area contributed by atoms with Crippen LogP contribution in [0.3, 0.4) is 0 Å². The fourth-order valence-electron chi connectivity index (χ4n) is 3.91. The molecule has 4 aromatic carbocycles. The number of benzene rings is 4.